The number of nitrogens with two attached hydrogens (primary N) is 3. The van der Waals surface area contributed by atoms with Gasteiger partial charge in [0.05, 0.1) is 18.8 Å². The molecule has 9 heteroatoms. The number of nitrogens with one attached hydrogen (secondary N) is 3. The molecule has 0 unspecified atom stereocenters. The van der Waals surface area contributed by atoms with Crippen LogP contribution < -0.4 is 33.5 Å². The molecule has 0 amide bonds. The van der Waals surface area contributed by atoms with Gasteiger partial charge in [0.15, 0.2) is 0 Å². The van der Waals surface area contributed by atoms with Crippen molar-refractivity contribution < 1.29 is 9.59 Å². The Hall–Kier alpha value is -0.940. The van der Waals surface area contributed by atoms with Gasteiger partial charge in [-0.25, -0.2) is 15.9 Å². The number of nitrogens with zero attached hydrogens (tertiary/aromatic N) is 1. The van der Waals surface area contributed by atoms with Gasteiger partial charge in [0, 0.05) is 13.1 Å². The normalized spacial score (nSPS) is 13.8. The highest BCUT2D eigenvalue weighted by atomic mass is 16.1. The SMILES string of the molecule is NCCCC[C@@H](C=O)NNCCN(CN)N[C@H](C=O)CCCCN. The molecule has 2 atom stereocenters. The zero-order valence-electron chi connectivity index (χ0n) is 14.6. The van der Waals surface area contributed by atoms with Gasteiger partial charge >= 0.3 is 0 Å². The lowest BCUT2D eigenvalue weighted by Crippen LogP contribution is -2.52. The maximum atomic E-state index is 11.1. The largest absolute Gasteiger partial charge is 0.330 e. The first-order chi connectivity index (χ1) is 11.7. The summed E-state index contributed by atoms with van der Waals surface area (Å²) in [5.74, 6) is 0. The predicted octanol–water partition coefficient (Wildman–Crippen LogP) is -1.80. The minimum Gasteiger partial charge on any atom is -0.330 e. The topological polar surface area (TPSA) is 152 Å². The second-order valence-corrected chi connectivity index (χ2v) is 5.70. The summed E-state index contributed by atoms with van der Waals surface area (Å²) in [7, 11) is 0. The minimum absolute atomic E-state index is 0.227. The van der Waals surface area contributed by atoms with Crippen molar-refractivity contribution in [2.45, 2.75) is 50.6 Å². The zero-order chi connectivity index (χ0) is 18.0. The summed E-state index contributed by atoms with van der Waals surface area (Å²) in [5.41, 5.74) is 25.7. The molecule has 0 aliphatic rings. The van der Waals surface area contributed by atoms with E-state index in [-0.39, 0.29) is 18.8 Å². The van der Waals surface area contributed by atoms with Gasteiger partial charge in [-0.3, -0.25) is 5.43 Å². The van der Waals surface area contributed by atoms with E-state index in [9.17, 15) is 9.59 Å². The highest BCUT2D eigenvalue weighted by Gasteiger charge is 2.11. The number of carbonyl (C=O) groups excluding carboxylic acids is 2. The maximum Gasteiger partial charge on any atom is 0.138 e. The Labute approximate surface area is 145 Å². The fourth-order valence-electron chi connectivity index (χ4n) is 2.19. The standard InChI is InChI=1S/C15H35N7O2/c16-7-3-1-5-14(11-23)20-19-9-10-22(13-18)21-15(12-24)6-2-4-8-17/h11-12,14-15,19-21H,1-10,13,16-18H2/t14-,15-/m0/s1. The van der Waals surface area contributed by atoms with Gasteiger partial charge < -0.3 is 26.8 Å². The average molecular weight is 345 g/mol. The van der Waals surface area contributed by atoms with Gasteiger partial charge in [0.1, 0.15) is 12.6 Å². The zero-order valence-corrected chi connectivity index (χ0v) is 14.6. The van der Waals surface area contributed by atoms with Crippen LogP contribution >= 0.6 is 0 Å². The predicted molar refractivity (Wildman–Crippen MR) is 95.5 cm³/mol. The van der Waals surface area contributed by atoms with Crippen molar-refractivity contribution >= 4 is 12.6 Å². The van der Waals surface area contributed by atoms with E-state index in [1.54, 1.807) is 5.01 Å². The fraction of sp³-hybridized carbons (Fsp3) is 0.867. The molecular weight excluding hydrogens is 310 g/mol. The molecule has 0 radical (unpaired) electrons. The molecule has 142 valence electrons. The van der Waals surface area contributed by atoms with E-state index in [4.69, 9.17) is 17.2 Å². The first kappa shape index (κ1) is 23.1. The van der Waals surface area contributed by atoms with E-state index >= 15 is 0 Å². The summed E-state index contributed by atoms with van der Waals surface area (Å²) < 4.78 is 0. The summed E-state index contributed by atoms with van der Waals surface area (Å²) >= 11 is 0. The van der Waals surface area contributed by atoms with Crippen molar-refractivity contribution in [1.29, 1.82) is 0 Å². The number of carbonyl (C=O) groups is 2. The molecule has 0 heterocycles. The van der Waals surface area contributed by atoms with Gasteiger partial charge in [-0.15, -0.1) is 0 Å². The Balaban J connectivity index is 3.93. The Morgan fingerprint density at radius 2 is 1.46 bits per heavy atom. The molecule has 24 heavy (non-hydrogen) atoms. The Bertz CT molecular complexity index is 308. The third-order valence-electron chi connectivity index (χ3n) is 3.63. The molecule has 0 aromatic rings. The van der Waals surface area contributed by atoms with Crippen molar-refractivity contribution in [3.8, 4) is 0 Å². The van der Waals surface area contributed by atoms with E-state index in [1.807, 2.05) is 0 Å². The average Bonchev–Trinajstić information content (AvgIpc) is 2.61. The number of hydrogen-bond donors (Lipinski definition) is 6. The van der Waals surface area contributed by atoms with Crippen LogP contribution in [0.15, 0.2) is 0 Å². The van der Waals surface area contributed by atoms with Crippen LogP contribution in [0, 0.1) is 0 Å². The molecule has 9 N–H and O–H groups in total. The fourth-order valence-corrected chi connectivity index (χ4v) is 2.19. The van der Waals surface area contributed by atoms with E-state index in [2.05, 4.69) is 16.3 Å². The molecule has 0 aromatic heterocycles. The Morgan fingerprint density at radius 3 is 1.96 bits per heavy atom. The summed E-state index contributed by atoms with van der Waals surface area (Å²) in [6, 6.07) is -0.484. The number of unbranched alkanes of at least 4 members (excludes halogenated alkanes) is 2. The van der Waals surface area contributed by atoms with Gasteiger partial charge in [-0.1, -0.05) is 12.8 Å². The smallest absolute Gasteiger partial charge is 0.138 e. The lowest BCUT2D eigenvalue weighted by Gasteiger charge is -2.25. The van der Waals surface area contributed by atoms with E-state index < -0.39 is 0 Å². The third kappa shape index (κ3) is 12.5. The highest BCUT2D eigenvalue weighted by Crippen LogP contribution is 1.99. The number of hydrogen-bond acceptors (Lipinski definition) is 9. The van der Waals surface area contributed by atoms with Crippen LogP contribution in [0.5, 0.6) is 0 Å². The molecule has 0 spiro atoms. The first-order valence-electron chi connectivity index (χ1n) is 8.72. The molecule has 0 aliphatic carbocycles. The first-order valence-corrected chi connectivity index (χ1v) is 8.72. The summed E-state index contributed by atoms with van der Waals surface area (Å²) in [6.45, 7) is 2.74. The molecule has 0 bridgehead atoms. The lowest BCUT2D eigenvalue weighted by molar-refractivity contribution is -0.111. The van der Waals surface area contributed by atoms with Crippen LogP contribution in [0.25, 0.3) is 0 Å². The third-order valence-corrected chi connectivity index (χ3v) is 3.63. The highest BCUT2D eigenvalue weighted by molar-refractivity contribution is 5.57. The van der Waals surface area contributed by atoms with Crippen molar-refractivity contribution in [2.75, 3.05) is 32.8 Å². The van der Waals surface area contributed by atoms with Gasteiger partial charge in [-0.2, -0.15) is 0 Å². The van der Waals surface area contributed by atoms with Gasteiger partial charge in [-0.05, 0) is 38.8 Å². The van der Waals surface area contributed by atoms with Crippen molar-refractivity contribution in [2.24, 2.45) is 17.2 Å². The molecule has 0 rings (SSSR count). The second kappa shape index (κ2) is 16.9. The second-order valence-electron chi connectivity index (χ2n) is 5.70. The minimum atomic E-state index is -0.257. The Morgan fingerprint density at radius 1 is 0.875 bits per heavy atom. The molecule has 9 nitrogen and oxygen atoms in total. The maximum absolute atomic E-state index is 11.1. The van der Waals surface area contributed by atoms with Crippen LogP contribution in [0.4, 0.5) is 0 Å². The van der Waals surface area contributed by atoms with Crippen molar-refractivity contribution in [3.63, 3.8) is 0 Å². The van der Waals surface area contributed by atoms with Crippen LogP contribution in [0.3, 0.4) is 0 Å². The summed E-state index contributed by atoms with van der Waals surface area (Å²) in [4.78, 5) is 22.1. The van der Waals surface area contributed by atoms with E-state index in [0.29, 0.717) is 26.2 Å². The van der Waals surface area contributed by atoms with Gasteiger partial charge in [0.25, 0.3) is 0 Å². The molecule has 0 saturated carbocycles. The van der Waals surface area contributed by atoms with Crippen molar-refractivity contribution in [3.05, 3.63) is 0 Å². The molecule has 0 aliphatic heterocycles. The molecular formula is C15H35N7O2. The van der Waals surface area contributed by atoms with Crippen LogP contribution in [-0.4, -0.2) is 62.5 Å². The van der Waals surface area contributed by atoms with Crippen molar-refractivity contribution in [1.82, 2.24) is 21.3 Å². The molecule has 0 saturated heterocycles. The lowest BCUT2D eigenvalue weighted by atomic mass is 10.1. The summed E-state index contributed by atoms with van der Waals surface area (Å²) in [6.07, 6.45) is 6.89. The number of rotatable bonds is 18. The van der Waals surface area contributed by atoms with Crippen LogP contribution in [-0.2, 0) is 9.59 Å². The van der Waals surface area contributed by atoms with Crippen LogP contribution in [0.2, 0.25) is 0 Å². The molecule has 0 fully saturated rings. The number of aldehydes is 2. The van der Waals surface area contributed by atoms with E-state index in [1.165, 1.54) is 0 Å². The van der Waals surface area contributed by atoms with E-state index in [0.717, 1.165) is 51.1 Å². The molecule has 0 aromatic carbocycles. The van der Waals surface area contributed by atoms with Gasteiger partial charge in [0.2, 0.25) is 0 Å². The monoisotopic (exact) mass is 345 g/mol. The van der Waals surface area contributed by atoms with Crippen LogP contribution in [0.1, 0.15) is 38.5 Å². The Kier molecular flexibility index (Phi) is 16.2. The quantitative estimate of drug-likeness (QED) is 0.0731. The number of hydrazine groups is 2. The summed E-state index contributed by atoms with van der Waals surface area (Å²) in [5, 5.41) is 1.78.